The van der Waals surface area contributed by atoms with Crippen LogP contribution in [0.1, 0.15) is 28.8 Å². The zero-order chi connectivity index (χ0) is 19.8. The first-order valence-corrected chi connectivity index (χ1v) is 9.74. The molecule has 0 atom stereocenters. The van der Waals surface area contributed by atoms with Gasteiger partial charge in [-0.2, -0.15) is 0 Å². The topological polar surface area (TPSA) is 107 Å². The van der Waals surface area contributed by atoms with E-state index in [-0.39, 0.29) is 10.9 Å². The molecule has 8 heteroatoms. The summed E-state index contributed by atoms with van der Waals surface area (Å²) in [5.74, 6) is -0.882. The number of amides is 1. The molecular weight excluding hydrogens is 368 g/mol. The van der Waals surface area contributed by atoms with Gasteiger partial charge in [-0.1, -0.05) is 12.1 Å². The molecule has 3 rings (SSSR count). The van der Waals surface area contributed by atoms with Crippen molar-refractivity contribution in [1.29, 1.82) is 0 Å². The number of rotatable bonds is 6. The normalized spacial score (nSPS) is 15.0. The molecule has 0 radical (unpaired) electrons. The highest BCUT2D eigenvalue weighted by atomic mass is 32.2. The number of ether oxygens (including phenoxy) is 1. The van der Waals surface area contributed by atoms with Gasteiger partial charge in [0.25, 0.3) is 10.0 Å². The Balaban J connectivity index is 1.86. The van der Waals surface area contributed by atoms with Gasteiger partial charge in [-0.05, 0) is 54.8 Å². The van der Waals surface area contributed by atoms with Gasteiger partial charge in [-0.3, -0.25) is 13.9 Å². The Morgan fingerprint density at radius 3 is 2.04 bits per heavy atom. The number of anilines is 1. The van der Waals surface area contributed by atoms with Crippen LogP contribution in [0.2, 0.25) is 0 Å². The van der Waals surface area contributed by atoms with Crippen molar-refractivity contribution < 1.29 is 22.7 Å². The third kappa shape index (κ3) is 3.28. The van der Waals surface area contributed by atoms with Crippen LogP contribution in [0.5, 0.6) is 0 Å². The summed E-state index contributed by atoms with van der Waals surface area (Å²) in [4.78, 5) is 23.2. The molecule has 0 unspecified atom stereocenters. The second-order valence-corrected chi connectivity index (χ2v) is 8.45. The molecule has 1 amide bonds. The number of sulfonamides is 1. The molecule has 142 valence electrons. The van der Waals surface area contributed by atoms with Crippen LogP contribution in [0.4, 0.5) is 5.69 Å². The average Bonchev–Trinajstić information content (AvgIpc) is 3.49. The molecule has 1 aliphatic rings. The Bertz CT molecular complexity index is 978. The lowest BCUT2D eigenvalue weighted by Gasteiger charge is -2.20. The van der Waals surface area contributed by atoms with Gasteiger partial charge in [-0.15, -0.1) is 0 Å². The predicted molar refractivity (Wildman–Crippen MR) is 99.9 cm³/mol. The Morgan fingerprint density at radius 1 is 1.04 bits per heavy atom. The lowest BCUT2D eigenvalue weighted by atomic mass is 9.96. The summed E-state index contributed by atoms with van der Waals surface area (Å²) in [6, 6.07) is 12.3. The maximum Gasteiger partial charge on any atom is 0.316 e. The first-order chi connectivity index (χ1) is 12.7. The fraction of sp³-hybridized carbons (Fsp3) is 0.263. The first kappa shape index (κ1) is 18.9. The van der Waals surface area contributed by atoms with E-state index < -0.39 is 21.3 Å². The van der Waals surface area contributed by atoms with Crippen LogP contribution >= 0.6 is 0 Å². The number of nitrogens with zero attached hydrogens (tertiary/aromatic N) is 1. The molecule has 0 saturated heterocycles. The summed E-state index contributed by atoms with van der Waals surface area (Å²) >= 11 is 0. The lowest BCUT2D eigenvalue weighted by Crippen LogP contribution is -2.27. The molecule has 0 bridgehead atoms. The summed E-state index contributed by atoms with van der Waals surface area (Å²) in [6.07, 6.45) is 1.38. The molecule has 0 aliphatic heterocycles. The molecule has 1 aliphatic carbocycles. The second kappa shape index (κ2) is 6.70. The van der Waals surface area contributed by atoms with Gasteiger partial charge in [0.05, 0.1) is 23.1 Å². The SMILES string of the molecule is COC(=O)C1(c2ccc(S(=O)(=O)N(C)c3ccc(C(N)=O)cc3)cc2)CC1. The molecular formula is C19H20N2O5S. The number of carbonyl (C=O) groups is 2. The third-order valence-corrected chi connectivity index (χ3v) is 6.71. The minimum atomic E-state index is -3.79. The van der Waals surface area contributed by atoms with E-state index in [4.69, 9.17) is 10.5 Å². The van der Waals surface area contributed by atoms with Crippen molar-refractivity contribution in [3.8, 4) is 0 Å². The number of methoxy groups -OCH3 is 1. The Hall–Kier alpha value is -2.87. The average molecular weight is 388 g/mol. The largest absolute Gasteiger partial charge is 0.468 e. The molecule has 2 aromatic rings. The van der Waals surface area contributed by atoms with Gasteiger partial charge in [-0.25, -0.2) is 8.42 Å². The minimum Gasteiger partial charge on any atom is -0.468 e. The number of hydrogen-bond acceptors (Lipinski definition) is 5. The molecule has 7 nitrogen and oxygen atoms in total. The van der Waals surface area contributed by atoms with Crippen LogP contribution in [0.3, 0.4) is 0 Å². The van der Waals surface area contributed by atoms with E-state index in [9.17, 15) is 18.0 Å². The molecule has 0 aromatic heterocycles. The van der Waals surface area contributed by atoms with Crippen LogP contribution < -0.4 is 10.0 Å². The number of hydrogen-bond donors (Lipinski definition) is 1. The maximum absolute atomic E-state index is 12.9. The van der Waals surface area contributed by atoms with Crippen LogP contribution in [-0.4, -0.2) is 34.5 Å². The molecule has 27 heavy (non-hydrogen) atoms. The minimum absolute atomic E-state index is 0.105. The first-order valence-electron chi connectivity index (χ1n) is 8.30. The van der Waals surface area contributed by atoms with Gasteiger partial charge < -0.3 is 10.5 Å². The number of esters is 1. The van der Waals surface area contributed by atoms with Crippen molar-refractivity contribution in [2.24, 2.45) is 5.73 Å². The summed E-state index contributed by atoms with van der Waals surface area (Å²) in [6.45, 7) is 0. The number of benzene rings is 2. The summed E-state index contributed by atoms with van der Waals surface area (Å²) in [5.41, 5.74) is 6.00. The van der Waals surface area contributed by atoms with E-state index in [0.29, 0.717) is 24.1 Å². The Labute approximate surface area is 157 Å². The maximum atomic E-state index is 12.9. The summed E-state index contributed by atoms with van der Waals surface area (Å²) in [7, 11) is -1.01. The molecule has 0 heterocycles. The monoisotopic (exact) mass is 388 g/mol. The van der Waals surface area contributed by atoms with Crippen LogP contribution in [-0.2, 0) is 25.0 Å². The summed E-state index contributed by atoms with van der Waals surface area (Å²) < 4.78 is 31.7. The van der Waals surface area contributed by atoms with Crippen molar-refractivity contribution >= 4 is 27.6 Å². The van der Waals surface area contributed by atoms with Gasteiger partial charge >= 0.3 is 5.97 Å². The van der Waals surface area contributed by atoms with E-state index in [1.165, 1.54) is 50.6 Å². The third-order valence-electron chi connectivity index (χ3n) is 4.91. The highest BCUT2D eigenvalue weighted by Crippen LogP contribution is 2.49. The van der Waals surface area contributed by atoms with E-state index in [2.05, 4.69) is 0 Å². The van der Waals surface area contributed by atoms with Crippen molar-refractivity contribution in [2.45, 2.75) is 23.2 Å². The van der Waals surface area contributed by atoms with E-state index in [1.54, 1.807) is 12.1 Å². The number of primary amides is 1. The zero-order valence-electron chi connectivity index (χ0n) is 15.0. The second-order valence-electron chi connectivity index (χ2n) is 6.48. The fourth-order valence-electron chi connectivity index (χ4n) is 3.01. The van der Waals surface area contributed by atoms with E-state index in [1.807, 2.05) is 0 Å². The van der Waals surface area contributed by atoms with E-state index >= 15 is 0 Å². The quantitative estimate of drug-likeness (QED) is 0.760. The molecule has 2 aromatic carbocycles. The Morgan fingerprint density at radius 2 is 1.59 bits per heavy atom. The van der Waals surface area contributed by atoms with Gasteiger partial charge in [0.2, 0.25) is 5.91 Å². The van der Waals surface area contributed by atoms with Gasteiger partial charge in [0, 0.05) is 12.6 Å². The van der Waals surface area contributed by atoms with Crippen molar-refractivity contribution in [3.05, 3.63) is 59.7 Å². The lowest BCUT2D eigenvalue weighted by molar-refractivity contribution is -0.143. The van der Waals surface area contributed by atoms with Gasteiger partial charge in [0.15, 0.2) is 0 Å². The van der Waals surface area contributed by atoms with Crippen LogP contribution in [0.15, 0.2) is 53.4 Å². The van der Waals surface area contributed by atoms with Gasteiger partial charge in [0.1, 0.15) is 0 Å². The predicted octanol–water partition coefficient (Wildman–Crippen LogP) is 1.82. The van der Waals surface area contributed by atoms with Crippen LogP contribution in [0, 0.1) is 0 Å². The molecule has 1 saturated carbocycles. The highest BCUT2D eigenvalue weighted by molar-refractivity contribution is 7.92. The standard InChI is InChI=1S/C19H20N2O5S/c1-21(15-7-3-13(4-8-15)17(20)22)27(24,25)16-9-5-14(6-10-16)19(11-12-19)18(23)26-2/h3-10H,11-12H2,1-2H3,(H2,20,22). The molecule has 0 spiro atoms. The Kier molecular flexibility index (Phi) is 4.69. The van der Waals surface area contributed by atoms with Crippen molar-refractivity contribution in [3.63, 3.8) is 0 Å². The van der Waals surface area contributed by atoms with E-state index in [0.717, 1.165) is 9.87 Å². The fourth-order valence-corrected chi connectivity index (χ4v) is 4.20. The zero-order valence-corrected chi connectivity index (χ0v) is 15.8. The highest BCUT2D eigenvalue weighted by Gasteiger charge is 2.52. The number of carbonyl (C=O) groups excluding carboxylic acids is 2. The molecule has 2 N–H and O–H groups in total. The summed E-state index contributed by atoms with van der Waals surface area (Å²) in [5, 5.41) is 0. The molecule has 1 fully saturated rings. The van der Waals surface area contributed by atoms with Crippen molar-refractivity contribution in [1.82, 2.24) is 0 Å². The van der Waals surface area contributed by atoms with Crippen molar-refractivity contribution in [2.75, 3.05) is 18.5 Å². The van der Waals surface area contributed by atoms with Crippen LogP contribution in [0.25, 0.3) is 0 Å². The number of nitrogens with two attached hydrogens (primary N) is 1. The smallest absolute Gasteiger partial charge is 0.316 e.